The molecule has 0 saturated heterocycles. The molecule has 0 amide bonds. The molecule has 0 aliphatic heterocycles. The van der Waals surface area contributed by atoms with Crippen LogP contribution in [0.3, 0.4) is 0 Å². The fourth-order valence-electron chi connectivity index (χ4n) is 4.51. The van der Waals surface area contributed by atoms with Gasteiger partial charge >= 0.3 is 0 Å². The van der Waals surface area contributed by atoms with Crippen molar-refractivity contribution in [3.05, 3.63) is 88.4 Å². The number of hydrogen-bond acceptors (Lipinski definition) is 3. The Morgan fingerprint density at radius 2 is 1.90 bits per heavy atom. The highest BCUT2D eigenvalue weighted by Crippen LogP contribution is 2.26. The first kappa shape index (κ1) is 19.7. The summed E-state index contributed by atoms with van der Waals surface area (Å²) in [6.45, 7) is 6.50. The topological polar surface area (TPSA) is 43.1 Å². The van der Waals surface area contributed by atoms with Crippen LogP contribution in [-0.2, 0) is 25.7 Å². The zero-order valence-electron chi connectivity index (χ0n) is 18.5. The zero-order valence-corrected chi connectivity index (χ0v) is 18.5. The number of pyridine rings is 1. The first-order chi connectivity index (χ1) is 15.1. The molecule has 31 heavy (non-hydrogen) atoms. The fraction of sp³-hybridized carbons (Fsp3) is 0.296. The van der Waals surface area contributed by atoms with Crippen molar-refractivity contribution < 1.29 is 0 Å². The predicted molar refractivity (Wildman–Crippen MR) is 127 cm³/mol. The number of aromatic nitrogens is 4. The van der Waals surface area contributed by atoms with E-state index in [1.165, 1.54) is 33.2 Å². The minimum atomic E-state index is 0.790. The Morgan fingerprint density at radius 3 is 2.77 bits per heavy atom. The highest BCUT2D eigenvalue weighted by Gasteiger charge is 2.13. The number of rotatable bonds is 4. The normalized spacial score (nSPS) is 13.8. The van der Waals surface area contributed by atoms with E-state index in [1.54, 1.807) is 0 Å². The standard InChI is InChI=1S/C27H28N4/c1-4-20-8-6-10-23-22(20)15-16-31-19(3)24(30-27(23)31)13-14-26-28-17-21-9-5-7-18(2)11-12-25(21)29-26/h6-8,10-12,15-17H,4-5,9,13-14H2,1-3H3. The number of nitrogens with zero attached hydrogens (tertiary/aromatic N) is 4. The van der Waals surface area contributed by atoms with E-state index < -0.39 is 0 Å². The van der Waals surface area contributed by atoms with Gasteiger partial charge in [0.15, 0.2) is 0 Å². The molecule has 4 nitrogen and oxygen atoms in total. The van der Waals surface area contributed by atoms with Gasteiger partial charge in [0, 0.05) is 29.9 Å². The summed E-state index contributed by atoms with van der Waals surface area (Å²) in [5, 5.41) is 2.53. The first-order valence-corrected chi connectivity index (χ1v) is 11.2. The Morgan fingerprint density at radius 1 is 1.00 bits per heavy atom. The zero-order chi connectivity index (χ0) is 21.4. The van der Waals surface area contributed by atoms with E-state index in [1.807, 2.05) is 6.20 Å². The Hall–Kier alpha value is -3.27. The van der Waals surface area contributed by atoms with E-state index in [4.69, 9.17) is 9.97 Å². The van der Waals surface area contributed by atoms with Crippen molar-refractivity contribution in [1.29, 1.82) is 0 Å². The molecular formula is C27H28N4. The maximum Gasteiger partial charge on any atom is 0.145 e. The van der Waals surface area contributed by atoms with Gasteiger partial charge in [-0.3, -0.25) is 0 Å². The molecule has 0 atom stereocenters. The number of benzene rings is 1. The smallest absolute Gasteiger partial charge is 0.145 e. The van der Waals surface area contributed by atoms with E-state index in [0.29, 0.717) is 0 Å². The van der Waals surface area contributed by atoms with Gasteiger partial charge in [0.25, 0.3) is 0 Å². The summed E-state index contributed by atoms with van der Waals surface area (Å²) in [5.41, 5.74) is 8.32. The fourth-order valence-corrected chi connectivity index (χ4v) is 4.51. The quantitative estimate of drug-likeness (QED) is 0.426. The lowest BCUT2D eigenvalue weighted by Gasteiger charge is -2.09. The Bertz CT molecular complexity index is 1340. The third kappa shape index (κ3) is 3.67. The second-order valence-electron chi connectivity index (χ2n) is 8.40. The average molecular weight is 409 g/mol. The van der Waals surface area contributed by atoms with Crippen molar-refractivity contribution in [3.63, 3.8) is 0 Å². The Labute approximate surface area is 183 Å². The lowest BCUT2D eigenvalue weighted by molar-refractivity contribution is 0.818. The molecule has 0 bridgehead atoms. The Kier molecular flexibility index (Phi) is 5.14. The summed E-state index contributed by atoms with van der Waals surface area (Å²) < 4.78 is 2.22. The molecule has 0 N–H and O–H groups in total. The summed E-state index contributed by atoms with van der Waals surface area (Å²) in [6, 6.07) is 8.75. The van der Waals surface area contributed by atoms with E-state index in [0.717, 1.165) is 55.0 Å². The number of aryl methyl sites for hydroxylation is 5. The Balaban J connectivity index is 1.45. The lowest BCUT2D eigenvalue weighted by Crippen LogP contribution is -2.04. The monoisotopic (exact) mass is 408 g/mol. The highest BCUT2D eigenvalue weighted by molar-refractivity contribution is 5.96. The van der Waals surface area contributed by atoms with Gasteiger partial charge in [-0.25, -0.2) is 15.0 Å². The average Bonchev–Trinajstić information content (AvgIpc) is 3.11. The largest absolute Gasteiger partial charge is 0.304 e. The van der Waals surface area contributed by atoms with Gasteiger partial charge in [0.1, 0.15) is 11.5 Å². The molecule has 0 radical (unpaired) electrons. The maximum atomic E-state index is 5.04. The molecule has 156 valence electrons. The molecule has 1 aliphatic rings. The number of imidazole rings is 1. The molecule has 0 unspecified atom stereocenters. The van der Waals surface area contributed by atoms with Crippen LogP contribution in [0.25, 0.3) is 22.5 Å². The van der Waals surface area contributed by atoms with E-state index in [9.17, 15) is 0 Å². The van der Waals surface area contributed by atoms with Gasteiger partial charge in [-0.2, -0.15) is 0 Å². The first-order valence-electron chi connectivity index (χ1n) is 11.2. The van der Waals surface area contributed by atoms with Crippen LogP contribution in [0.15, 0.2) is 54.4 Å². The van der Waals surface area contributed by atoms with E-state index in [-0.39, 0.29) is 0 Å². The summed E-state index contributed by atoms with van der Waals surface area (Å²) >= 11 is 0. The van der Waals surface area contributed by atoms with Crippen LogP contribution in [0.5, 0.6) is 0 Å². The molecule has 4 heteroatoms. The summed E-state index contributed by atoms with van der Waals surface area (Å²) in [7, 11) is 0. The highest BCUT2D eigenvalue weighted by atomic mass is 15.0. The SMILES string of the molecule is CCc1cccc2c1ccn1c(C)c(CCc3ncc4c(n3)C=CC(C)=CCC4)nc21. The van der Waals surface area contributed by atoms with Crippen LogP contribution >= 0.6 is 0 Å². The van der Waals surface area contributed by atoms with Gasteiger partial charge in [0.05, 0.1) is 11.4 Å². The van der Waals surface area contributed by atoms with Gasteiger partial charge < -0.3 is 4.40 Å². The molecular weight excluding hydrogens is 380 g/mol. The van der Waals surface area contributed by atoms with Gasteiger partial charge in [-0.15, -0.1) is 0 Å². The van der Waals surface area contributed by atoms with Gasteiger partial charge in [0.2, 0.25) is 0 Å². The van der Waals surface area contributed by atoms with E-state index in [2.05, 4.69) is 78.8 Å². The minimum absolute atomic E-state index is 0.790. The maximum absolute atomic E-state index is 5.04. The van der Waals surface area contributed by atoms with Crippen LogP contribution in [0.4, 0.5) is 0 Å². The molecule has 1 aromatic carbocycles. The third-order valence-corrected chi connectivity index (χ3v) is 6.37. The lowest BCUT2D eigenvalue weighted by atomic mass is 10.0. The van der Waals surface area contributed by atoms with Crippen LogP contribution in [0.1, 0.15) is 54.3 Å². The third-order valence-electron chi connectivity index (χ3n) is 6.37. The van der Waals surface area contributed by atoms with Crippen molar-refractivity contribution in [1.82, 2.24) is 19.4 Å². The molecule has 5 rings (SSSR count). The van der Waals surface area contributed by atoms with Crippen molar-refractivity contribution in [3.8, 4) is 0 Å². The second kappa shape index (κ2) is 8.10. The van der Waals surface area contributed by atoms with Crippen molar-refractivity contribution in [2.24, 2.45) is 0 Å². The van der Waals surface area contributed by atoms with Gasteiger partial charge in [-0.1, -0.05) is 42.8 Å². The van der Waals surface area contributed by atoms with Crippen LogP contribution in [0.2, 0.25) is 0 Å². The molecule has 0 fully saturated rings. The van der Waals surface area contributed by atoms with Crippen molar-refractivity contribution >= 4 is 22.5 Å². The second-order valence-corrected chi connectivity index (χ2v) is 8.40. The van der Waals surface area contributed by atoms with E-state index >= 15 is 0 Å². The van der Waals surface area contributed by atoms with Gasteiger partial charge in [-0.05, 0) is 68.2 Å². The molecule has 3 aromatic heterocycles. The van der Waals surface area contributed by atoms with Crippen LogP contribution in [-0.4, -0.2) is 19.4 Å². The molecule has 1 aliphatic carbocycles. The molecule has 0 spiro atoms. The van der Waals surface area contributed by atoms with Crippen molar-refractivity contribution in [2.45, 2.75) is 52.9 Å². The number of allylic oxidation sites excluding steroid dienone is 3. The molecule has 4 aromatic rings. The predicted octanol–water partition coefficient (Wildman–Crippen LogP) is 5.84. The summed E-state index contributed by atoms with van der Waals surface area (Å²) in [4.78, 5) is 14.6. The summed E-state index contributed by atoms with van der Waals surface area (Å²) in [6.07, 6.45) is 15.4. The number of hydrogen-bond donors (Lipinski definition) is 0. The minimum Gasteiger partial charge on any atom is -0.304 e. The number of fused-ring (bicyclic) bond motifs is 4. The van der Waals surface area contributed by atoms with Crippen LogP contribution < -0.4 is 0 Å². The molecule has 0 saturated carbocycles. The van der Waals surface area contributed by atoms with Crippen LogP contribution in [0, 0.1) is 6.92 Å². The summed E-state index contributed by atoms with van der Waals surface area (Å²) in [5.74, 6) is 0.889. The van der Waals surface area contributed by atoms with Crippen molar-refractivity contribution in [2.75, 3.05) is 0 Å². The molecule has 3 heterocycles.